The van der Waals surface area contributed by atoms with Crippen molar-refractivity contribution in [1.82, 2.24) is 4.90 Å². The van der Waals surface area contributed by atoms with Gasteiger partial charge in [0.1, 0.15) is 18.4 Å². The second-order valence-corrected chi connectivity index (χ2v) is 9.40. The van der Waals surface area contributed by atoms with Gasteiger partial charge in [0.05, 0.1) is 0 Å². The summed E-state index contributed by atoms with van der Waals surface area (Å²) in [6.45, 7) is 2.15. The highest BCUT2D eigenvalue weighted by Gasteiger charge is 2.44. The van der Waals surface area contributed by atoms with E-state index < -0.39 is 29.9 Å². The molecule has 0 unspecified atom stereocenters. The zero-order valence-electron chi connectivity index (χ0n) is 21.7. The van der Waals surface area contributed by atoms with E-state index in [9.17, 15) is 14.4 Å². The third-order valence-electron chi connectivity index (χ3n) is 6.69. The molecule has 1 aliphatic heterocycles. The number of carbonyl (C=O) groups excluding carboxylic acids is 3. The number of hydrogen-bond donors (Lipinski definition) is 1. The zero-order chi connectivity index (χ0) is 27.1. The lowest BCUT2D eigenvalue weighted by atomic mass is 10.00. The summed E-state index contributed by atoms with van der Waals surface area (Å²) in [6.07, 6.45) is 1.59. The first kappa shape index (κ1) is 27.3. The number of amides is 2. The molecule has 0 spiro atoms. The number of aryl methyl sites for hydroxylation is 2. The highest BCUT2D eigenvalue weighted by Crippen LogP contribution is 2.32. The first-order valence-corrected chi connectivity index (χ1v) is 12.9. The number of furan rings is 1. The molecule has 8 nitrogen and oxygen atoms in total. The van der Waals surface area contributed by atoms with E-state index in [2.05, 4.69) is 0 Å². The Hall–Kier alpha value is -3.75. The summed E-state index contributed by atoms with van der Waals surface area (Å²) in [5, 5.41) is 9.03. The molecular weight excluding hydrogens is 486 g/mol. The minimum atomic E-state index is -1.57. The van der Waals surface area contributed by atoms with Gasteiger partial charge in [0, 0.05) is 25.7 Å². The van der Waals surface area contributed by atoms with Gasteiger partial charge >= 0.3 is 6.09 Å². The molecule has 2 aromatic carbocycles. The minimum Gasteiger partial charge on any atom is -0.457 e. The summed E-state index contributed by atoms with van der Waals surface area (Å²) in [7, 11) is 1.26. The van der Waals surface area contributed by atoms with E-state index in [0.29, 0.717) is 12.2 Å². The largest absolute Gasteiger partial charge is 0.457 e. The molecule has 3 aromatic rings. The molecule has 200 valence electrons. The van der Waals surface area contributed by atoms with Crippen molar-refractivity contribution in [1.29, 1.82) is 0 Å². The van der Waals surface area contributed by atoms with Gasteiger partial charge in [-0.2, -0.15) is 0 Å². The normalized spacial score (nSPS) is 15.9. The van der Waals surface area contributed by atoms with Crippen molar-refractivity contribution in [2.45, 2.75) is 51.2 Å². The van der Waals surface area contributed by atoms with Crippen molar-refractivity contribution in [2.75, 3.05) is 20.3 Å². The number of methoxy groups -OCH3 is 1. The van der Waals surface area contributed by atoms with Crippen LogP contribution in [0.15, 0.2) is 65.1 Å². The van der Waals surface area contributed by atoms with Crippen molar-refractivity contribution in [2.24, 2.45) is 0 Å². The molecule has 1 fully saturated rings. The number of ether oxygens (including phenoxy) is 2. The Morgan fingerprint density at radius 3 is 2.53 bits per heavy atom. The quantitative estimate of drug-likeness (QED) is 0.197. The summed E-state index contributed by atoms with van der Waals surface area (Å²) < 4.78 is 16.5. The Balaban J connectivity index is 1.60. The summed E-state index contributed by atoms with van der Waals surface area (Å²) in [5.41, 5.74) is 3.47. The van der Waals surface area contributed by atoms with E-state index in [1.54, 1.807) is 30.3 Å². The molecule has 1 N–H and O–H groups in total. The maximum absolute atomic E-state index is 13.6. The monoisotopic (exact) mass is 519 g/mol. The second kappa shape index (κ2) is 12.7. The topological polar surface area (TPSA) is 106 Å². The second-order valence-electron chi connectivity index (χ2n) is 9.40. The van der Waals surface area contributed by atoms with Gasteiger partial charge in [-0.25, -0.2) is 9.69 Å². The van der Waals surface area contributed by atoms with E-state index in [0.717, 1.165) is 52.8 Å². The summed E-state index contributed by atoms with van der Waals surface area (Å²) >= 11 is 0. The molecule has 2 atom stereocenters. The fraction of sp³-hybridized carbons (Fsp3) is 0.367. The summed E-state index contributed by atoms with van der Waals surface area (Å²) in [6, 6.07) is 17.9. The van der Waals surface area contributed by atoms with E-state index >= 15 is 0 Å². The van der Waals surface area contributed by atoms with Crippen LogP contribution < -0.4 is 0 Å². The van der Waals surface area contributed by atoms with Gasteiger partial charge in [-0.15, -0.1) is 0 Å². The van der Waals surface area contributed by atoms with Gasteiger partial charge < -0.3 is 19.0 Å². The number of unbranched alkanes of at least 4 members (excludes halogenated alkanes) is 3. The molecule has 2 heterocycles. The van der Waals surface area contributed by atoms with Crippen LogP contribution in [-0.4, -0.2) is 54.2 Å². The Kier molecular flexibility index (Phi) is 9.10. The van der Waals surface area contributed by atoms with Crippen LogP contribution in [0, 0.1) is 6.92 Å². The number of ketones is 1. The molecule has 38 heavy (non-hydrogen) atoms. The van der Waals surface area contributed by atoms with Gasteiger partial charge in [0.25, 0.3) is 5.91 Å². The lowest BCUT2D eigenvalue weighted by molar-refractivity contribution is -0.137. The van der Waals surface area contributed by atoms with Gasteiger partial charge in [-0.1, -0.05) is 73.0 Å². The fourth-order valence-corrected chi connectivity index (χ4v) is 4.70. The molecule has 1 aliphatic rings. The first-order valence-electron chi connectivity index (χ1n) is 12.9. The van der Waals surface area contributed by atoms with E-state index in [-0.39, 0.29) is 19.0 Å². The average molecular weight is 520 g/mol. The van der Waals surface area contributed by atoms with Crippen molar-refractivity contribution in [3.05, 3.63) is 83.3 Å². The van der Waals surface area contributed by atoms with Crippen molar-refractivity contribution < 1.29 is 33.4 Å². The zero-order valence-corrected chi connectivity index (χ0v) is 21.7. The lowest BCUT2D eigenvalue weighted by Gasteiger charge is -2.23. The molecule has 0 radical (unpaired) electrons. The maximum atomic E-state index is 13.6. The molecular formula is C30H33NO7. The average Bonchev–Trinajstić information content (AvgIpc) is 3.53. The fourth-order valence-electron chi connectivity index (χ4n) is 4.70. The van der Waals surface area contributed by atoms with Crippen molar-refractivity contribution >= 4 is 17.8 Å². The summed E-state index contributed by atoms with van der Waals surface area (Å²) in [5.74, 6) is -0.818. The van der Waals surface area contributed by atoms with Gasteiger partial charge in [-0.05, 0) is 37.0 Å². The Bertz CT molecular complexity index is 1270. The minimum absolute atomic E-state index is 0.00208. The van der Waals surface area contributed by atoms with Crippen molar-refractivity contribution in [3.63, 3.8) is 0 Å². The molecule has 0 saturated carbocycles. The first-order chi connectivity index (χ1) is 18.4. The molecule has 0 bridgehead atoms. The van der Waals surface area contributed by atoms with E-state index in [1.165, 1.54) is 7.11 Å². The van der Waals surface area contributed by atoms with Crippen LogP contribution in [0.3, 0.4) is 0 Å². The molecule has 1 saturated heterocycles. The number of imide groups is 1. The smallest absolute Gasteiger partial charge is 0.417 e. The number of cyclic esters (lactones) is 1. The van der Waals surface area contributed by atoms with Crippen LogP contribution in [0.4, 0.5) is 4.79 Å². The molecule has 0 aliphatic carbocycles. The van der Waals surface area contributed by atoms with Crippen LogP contribution in [-0.2, 0) is 20.7 Å². The summed E-state index contributed by atoms with van der Waals surface area (Å²) in [4.78, 5) is 40.5. The van der Waals surface area contributed by atoms with E-state index in [4.69, 9.17) is 19.0 Å². The van der Waals surface area contributed by atoms with Crippen LogP contribution in [0.2, 0.25) is 0 Å². The van der Waals surface area contributed by atoms with Crippen LogP contribution in [0.1, 0.15) is 59.2 Å². The van der Waals surface area contributed by atoms with E-state index in [1.807, 2.05) is 37.3 Å². The number of Topliss-reactive ketones (excluding diaryl/α,β-unsaturated/α-hetero) is 1. The third kappa shape index (κ3) is 6.03. The van der Waals surface area contributed by atoms with Gasteiger partial charge in [0.2, 0.25) is 11.9 Å². The predicted molar refractivity (Wildman–Crippen MR) is 141 cm³/mol. The number of benzene rings is 2. The predicted octanol–water partition coefficient (Wildman–Crippen LogP) is 5.27. The Morgan fingerprint density at radius 2 is 1.82 bits per heavy atom. The number of nitrogens with zero attached hydrogens (tertiary/aromatic N) is 1. The van der Waals surface area contributed by atoms with Crippen LogP contribution in [0.25, 0.3) is 11.1 Å². The Morgan fingerprint density at radius 1 is 1.05 bits per heavy atom. The molecule has 4 rings (SSSR count). The number of aliphatic hydroxyl groups is 1. The number of rotatable bonds is 12. The third-order valence-corrected chi connectivity index (χ3v) is 6.69. The maximum Gasteiger partial charge on any atom is 0.417 e. The molecule has 8 heteroatoms. The molecule has 2 amide bonds. The van der Waals surface area contributed by atoms with Crippen molar-refractivity contribution in [3.8, 4) is 11.1 Å². The highest BCUT2D eigenvalue weighted by molar-refractivity contribution is 6.14. The molecule has 1 aromatic heterocycles. The lowest BCUT2D eigenvalue weighted by Crippen LogP contribution is -2.45. The van der Waals surface area contributed by atoms with Gasteiger partial charge in [-0.3, -0.25) is 9.59 Å². The number of carbonyl (C=O) groups is 3. The van der Waals surface area contributed by atoms with Crippen LogP contribution in [0.5, 0.6) is 0 Å². The standard InChI is InChI=1S/C30H33NO7/c1-20-11-10-14-22(17-20)23-18-26(38-25(23)15-8-3-4-9-16-32)27(33)28(36-2)29(34)31-24(19-37-30(31)35)21-12-6-5-7-13-21/h5-7,10-14,17-18,24,28,32H,3-4,8-9,15-16,19H2,1-2H3/t24-,28+/m0/s1. The van der Waals surface area contributed by atoms with Gasteiger partial charge in [0.15, 0.2) is 5.76 Å². The number of hydrogen-bond acceptors (Lipinski definition) is 7. The number of aliphatic hydroxyl groups excluding tert-OH is 1. The SMILES string of the molecule is CO[C@H](C(=O)c1cc(-c2cccc(C)c2)c(CCCCCCO)o1)C(=O)N1C(=O)OC[C@H]1c1ccccc1. The van der Waals surface area contributed by atoms with Crippen LogP contribution >= 0.6 is 0 Å². The highest BCUT2D eigenvalue weighted by atomic mass is 16.6. The Labute approximate surface area is 222 Å².